The van der Waals surface area contributed by atoms with Gasteiger partial charge in [0.05, 0.1) is 24.1 Å². The van der Waals surface area contributed by atoms with Crippen molar-refractivity contribution >= 4 is 33.3 Å². The van der Waals surface area contributed by atoms with Crippen LogP contribution < -0.4 is 9.62 Å². The number of amides is 1. The molecule has 2 rings (SSSR count). The lowest BCUT2D eigenvalue weighted by molar-refractivity contribution is -0.114. The largest absolute Gasteiger partial charge is 0.462 e. The second-order valence-electron chi connectivity index (χ2n) is 7.28. The van der Waals surface area contributed by atoms with Gasteiger partial charge in [-0.1, -0.05) is 32.0 Å². The molecule has 0 aliphatic rings. The molecule has 1 N–H and O–H groups in total. The van der Waals surface area contributed by atoms with Gasteiger partial charge in [-0.05, 0) is 55.2 Å². The van der Waals surface area contributed by atoms with Crippen molar-refractivity contribution in [2.75, 3.05) is 29.0 Å². The molecule has 1 amide bonds. The molecule has 0 radical (unpaired) electrons. The van der Waals surface area contributed by atoms with E-state index < -0.39 is 21.9 Å². The Balaban J connectivity index is 2.25. The average Bonchev–Trinajstić information content (AvgIpc) is 2.67. The van der Waals surface area contributed by atoms with Crippen molar-refractivity contribution in [3.8, 4) is 0 Å². The molecule has 0 spiro atoms. The fourth-order valence-corrected chi connectivity index (χ4v) is 3.92. The average molecular weight is 433 g/mol. The maximum absolute atomic E-state index is 12.7. The number of ether oxygens (including phenoxy) is 1. The quantitative estimate of drug-likeness (QED) is 0.642. The van der Waals surface area contributed by atoms with Crippen LogP contribution in [0, 0.1) is 6.92 Å². The number of anilines is 2. The highest BCUT2D eigenvalue weighted by Gasteiger charge is 2.24. The monoisotopic (exact) mass is 432 g/mol. The number of aryl methyl sites for hydroxylation is 1. The summed E-state index contributed by atoms with van der Waals surface area (Å²) in [6.07, 6.45) is 1.08. The maximum Gasteiger partial charge on any atom is 0.338 e. The SMILES string of the molecule is CCOC(=O)c1ccc(NC(=O)CN(c2ccccc2C(C)C)S(C)(=O)=O)c(C)c1. The summed E-state index contributed by atoms with van der Waals surface area (Å²) in [7, 11) is -3.68. The van der Waals surface area contributed by atoms with Crippen molar-refractivity contribution in [2.45, 2.75) is 33.6 Å². The van der Waals surface area contributed by atoms with Gasteiger partial charge in [-0.25, -0.2) is 13.2 Å². The van der Waals surface area contributed by atoms with Crippen molar-refractivity contribution in [1.29, 1.82) is 0 Å². The highest BCUT2D eigenvalue weighted by Crippen LogP contribution is 2.29. The lowest BCUT2D eigenvalue weighted by atomic mass is 10.0. The van der Waals surface area contributed by atoms with Gasteiger partial charge < -0.3 is 10.1 Å². The van der Waals surface area contributed by atoms with Crippen LogP contribution in [0.15, 0.2) is 42.5 Å². The molecule has 0 aromatic heterocycles. The molecule has 30 heavy (non-hydrogen) atoms. The summed E-state index contributed by atoms with van der Waals surface area (Å²) in [5, 5.41) is 2.73. The summed E-state index contributed by atoms with van der Waals surface area (Å²) in [6.45, 7) is 7.32. The molecule has 7 nitrogen and oxygen atoms in total. The minimum Gasteiger partial charge on any atom is -0.462 e. The third-order valence-corrected chi connectivity index (χ3v) is 5.65. The highest BCUT2D eigenvalue weighted by atomic mass is 32.2. The van der Waals surface area contributed by atoms with E-state index in [0.717, 1.165) is 16.1 Å². The summed E-state index contributed by atoms with van der Waals surface area (Å²) in [4.78, 5) is 24.5. The van der Waals surface area contributed by atoms with Gasteiger partial charge in [-0.2, -0.15) is 0 Å². The van der Waals surface area contributed by atoms with Crippen LogP contribution in [0.3, 0.4) is 0 Å². The first-order chi connectivity index (χ1) is 14.0. The number of benzene rings is 2. The Morgan fingerprint density at radius 2 is 1.80 bits per heavy atom. The van der Waals surface area contributed by atoms with E-state index in [2.05, 4.69) is 5.32 Å². The number of carbonyl (C=O) groups is 2. The van der Waals surface area contributed by atoms with Crippen LogP contribution in [0.5, 0.6) is 0 Å². The predicted molar refractivity (Wildman–Crippen MR) is 118 cm³/mol. The van der Waals surface area contributed by atoms with Gasteiger partial charge in [0.1, 0.15) is 6.54 Å². The van der Waals surface area contributed by atoms with Crippen LogP contribution in [0.2, 0.25) is 0 Å². The Bertz CT molecular complexity index is 1030. The Kier molecular flexibility index (Phi) is 7.61. The van der Waals surface area contributed by atoms with Gasteiger partial charge >= 0.3 is 5.97 Å². The van der Waals surface area contributed by atoms with Gasteiger partial charge in [-0.15, -0.1) is 0 Å². The van der Waals surface area contributed by atoms with Crippen molar-refractivity contribution in [3.63, 3.8) is 0 Å². The van der Waals surface area contributed by atoms with E-state index in [0.29, 0.717) is 22.5 Å². The van der Waals surface area contributed by atoms with Crippen molar-refractivity contribution in [1.82, 2.24) is 0 Å². The fraction of sp³-hybridized carbons (Fsp3) is 0.364. The van der Waals surface area contributed by atoms with Crippen LogP contribution in [-0.2, 0) is 19.6 Å². The van der Waals surface area contributed by atoms with Crippen LogP contribution in [0.4, 0.5) is 11.4 Å². The molecule has 2 aromatic carbocycles. The van der Waals surface area contributed by atoms with Gasteiger partial charge in [0.15, 0.2) is 0 Å². The van der Waals surface area contributed by atoms with Crippen LogP contribution in [-0.4, -0.2) is 39.7 Å². The Morgan fingerprint density at radius 1 is 1.13 bits per heavy atom. The Hall–Kier alpha value is -2.87. The molecule has 2 aromatic rings. The predicted octanol–water partition coefficient (Wildman–Crippen LogP) is 3.70. The molecular weight excluding hydrogens is 404 g/mol. The minimum absolute atomic E-state index is 0.0891. The highest BCUT2D eigenvalue weighted by molar-refractivity contribution is 7.92. The molecule has 0 bridgehead atoms. The molecule has 0 heterocycles. The topological polar surface area (TPSA) is 92.8 Å². The van der Waals surface area contributed by atoms with Crippen LogP contribution >= 0.6 is 0 Å². The first kappa shape index (κ1) is 23.4. The molecule has 0 aliphatic heterocycles. The van der Waals surface area contributed by atoms with Gasteiger partial charge in [0.25, 0.3) is 0 Å². The standard InChI is InChI=1S/C22H28N2O5S/c1-6-29-22(26)17-11-12-19(16(4)13-17)23-21(25)14-24(30(5,27)28)20-10-8-7-9-18(20)15(2)3/h7-13,15H,6,14H2,1-5H3,(H,23,25). The summed E-state index contributed by atoms with van der Waals surface area (Å²) >= 11 is 0. The zero-order valence-electron chi connectivity index (χ0n) is 17.9. The fourth-order valence-electron chi connectivity index (χ4n) is 3.05. The van der Waals surface area contributed by atoms with Crippen molar-refractivity contribution in [2.24, 2.45) is 0 Å². The van der Waals surface area contributed by atoms with Crippen molar-refractivity contribution < 1.29 is 22.7 Å². The van der Waals surface area contributed by atoms with E-state index in [9.17, 15) is 18.0 Å². The summed E-state index contributed by atoms with van der Waals surface area (Å²) in [6, 6.07) is 11.9. The first-order valence-corrected chi connectivity index (χ1v) is 11.5. The van der Waals surface area contributed by atoms with E-state index >= 15 is 0 Å². The van der Waals surface area contributed by atoms with E-state index in [1.54, 1.807) is 44.2 Å². The molecule has 0 unspecified atom stereocenters. The van der Waals surface area contributed by atoms with Crippen LogP contribution in [0.25, 0.3) is 0 Å². The lowest BCUT2D eigenvalue weighted by Crippen LogP contribution is -2.38. The third kappa shape index (κ3) is 5.82. The second kappa shape index (κ2) is 9.75. The Morgan fingerprint density at radius 3 is 2.37 bits per heavy atom. The van der Waals surface area contributed by atoms with E-state index in [-0.39, 0.29) is 19.1 Å². The number of sulfonamides is 1. The molecule has 0 saturated carbocycles. The summed E-state index contributed by atoms with van der Waals surface area (Å²) in [5.74, 6) is -0.829. The van der Waals surface area contributed by atoms with Crippen LogP contribution in [0.1, 0.15) is 48.2 Å². The maximum atomic E-state index is 12.7. The van der Waals surface area contributed by atoms with Crippen molar-refractivity contribution in [3.05, 3.63) is 59.2 Å². The number of carbonyl (C=O) groups excluding carboxylic acids is 2. The molecule has 0 aliphatic carbocycles. The third-order valence-electron chi connectivity index (χ3n) is 4.53. The summed E-state index contributed by atoms with van der Waals surface area (Å²) in [5.41, 5.74) is 2.88. The number of hydrogen-bond donors (Lipinski definition) is 1. The van der Waals surface area contributed by atoms with Gasteiger partial charge in [-0.3, -0.25) is 9.10 Å². The number of rotatable bonds is 8. The molecule has 162 valence electrons. The number of esters is 1. The second-order valence-corrected chi connectivity index (χ2v) is 9.19. The number of nitrogens with one attached hydrogen (secondary N) is 1. The number of para-hydroxylation sites is 1. The number of nitrogens with zero attached hydrogens (tertiary/aromatic N) is 1. The smallest absolute Gasteiger partial charge is 0.338 e. The number of hydrogen-bond acceptors (Lipinski definition) is 5. The minimum atomic E-state index is -3.68. The molecule has 0 fully saturated rings. The Labute approximate surface area is 178 Å². The zero-order chi connectivity index (χ0) is 22.5. The first-order valence-electron chi connectivity index (χ1n) is 9.68. The molecule has 0 atom stereocenters. The molecular formula is C22H28N2O5S. The van der Waals surface area contributed by atoms with Gasteiger partial charge in [0.2, 0.25) is 15.9 Å². The van der Waals surface area contributed by atoms with E-state index in [1.807, 2.05) is 26.0 Å². The normalized spacial score (nSPS) is 11.3. The zero-order valence-corrected chi connectivity index (χ0v) is 18.7. The van der Waals surface area contributed by atoms with Gasteiger partial charge in [0, 0.05) is 5.69 Å². The van der Waals surface area contributed by atoms with E-state index in [4.69, 9.17) is 4.74 Å². The van der Waals surface area contributed by atoms with E-state index in [1.165, 1.54) is 0 Å². The summed E-state index contributed by atoms with van der Waals surface area (Å²) < 4.78 is 31.0. The lowest BCUT2D eigenvalue weighted by Gasteiger charge is -2.25. The molecule has 0 saturated heterocycles. The molecule has 8 heteroatoms.